The van der Waals surface area contributed by atoms with Crippen molar-refractivity contribution in [3.8, 4) is 17.9 Å². The molecule has 16 heavy (non-hydrogen) atoms. The molecule has 0 saturated carbocycles. The molecule has 0 amide bonds. The number of hydrogen-bond acceptors (Lipinski definition) is 4. The van der Waals surface area contributed by atoms with Crippen molar-refractivity contribution in [2.45, 2.75) is 0 Å². The quantitative estimate of drug-likeness (QED) is 0.723. The number of nitriles is 2. The molecule has 0 N–H and O–H groups in total. The maximum absolute atomic E-state index is 13.2. The van der Waals surface area contributed by atoms with Gasteiger partial charge in [0.2, 0.25) is 0 Å². The Bertz CT molecular complexity index is 486. The van der Waals surface area contributed by atoms with Crippen molar-refractivity contribution in [3.63, 3.8) is 0 Å². The van der Waals surface area contributed by atoms with Gasteiger partial charge in [0.15, 0.2) is 23.3 Å². The Balaban J connectivity index is 3.08. The first kappa shape index (κ1) is 11.7. The Morgan fingerprint density at radius 1 is 1.44 bits per heavy atom. The highest BCUT2D eigenvalue weighted by Crippen LogP contribution is 2.19. The second-order valence-electron chi connectivity index (χ2n) is 2.90. The predicted molar refractivity (Wildman–Crippen MR) is 52.0 cm³/mol. The van der Waals surface area contributed by atoms with Crippen LogP contribution in [0.5, 0.6) is 5.75 Å². The van der Waals surface area contributed by atoms with E-state index in [4.69, 9.17) is 10.5 Å². The van der Waals surface area contributed by atoms with E-state index in [1.807, 2.05) is 0 Å². The van der Waals surface area contributed by atoms with Crippen molar-refractivity contribution in [3.05, 3.63) is 29.6 Å². The molecule has 0 bridgehead atoms. The van der Waals surface area contributed by atoms with E-state index in [0.29, 0.717) is 0 Å². The summed E-state index contributed by atoms with van der Waals surface area (Å²) >= 11 is 0. The number of hydrogen-bond donors (Lipinski definition) is 0. The van der Waals surface area contributed by atoms with Gasteiger partial charge in [-0.05, 0) is 18.2 Å². The number of ether oxygens (including phenoxy) is 1. The summed E-state index contributed by atoms with van der Waals surface area (Å²) in [5.74, 6) is -2.83. The highest BCUT2D eigenvalue weighted by Gasteiger charge is 2.20. The molecule has 5 heteroatoms. The third-order valence-electron chi connectivity index (χ3n) is 1.96. The van der Waals surface area contributed by atoms with Gasteiger partial charge < -0.3 is 4.74 Å². The largest absolute Gasteiger partial charge is 0.494 e. The summed E-state index contributed by atoms with van der Waals surface area (Å²) in [6.07, 6.45) is 0. The first-order valence-electron chi connectivity index (χ1n) is 4.31. The highest BCUT2D eigenvalue weighted by atomic mass is 19.1. The molecule has 4 nitrogen and oxygen atoms in total. The molecule has 1 rings (SSSR count). The van der Waals surface area contributed by atoms with Crippen LogP contribution in [0.2, 0.25) is 0 Å². The van der Waals surface area contributed by atoms with E-state index in [1.54, 1.807) is 0 Å². The van der Waals surface area contributed by atoms with E-state index in [-0.39, 0.29) is 11.3 Å². The average molecular weight is 218 g/mol. The summed E-state index contributed by atoms with van der Waals surface area (Å²) < 4.78 is 17.9. The minimum absolute atomic E-state index is 0.00187. The van der Waals surface area contributed by atoms with Crippen LogP contribution in [0, 0.1) is 34.4 Å². The summed E-state index contributed by atoms with van der Waals surface area (Å²) in [6.45, 7) is 0. The van der Waals surface area contributed by atoms with Gasteiger partial charge in [0, 0.05) is 5.56 Å². The molecule has 80 valence electrons. The molecule has 1 aromatic rings. The van der Waals surface area contributed by atoms with E-state index < -0.39 is 17.5 Å². The fourth-order valence-electron chi connectivity index (χ4n) is 1.13. The van der Waals surface area contributed by atoms with Crippen molar-refractivity contribution in [1.82, 2.24) is 0 Å². The van der Waals surface area contributed by atoms with Crippen molar-refractivity contribution in [2.24, 2.45) is 5.92 Å². The van der Waals surface area contributed by atoms with Crippen LogP contribution in [0.25, 0.3) is 0 Å². The van der Waals surface area contributed by atoms with Gasteiger partial charge in [-0.25, -0.2) is 4.39 Å². The maximum atomic E-state index is 13.2. The number of Topliss-reactive ketones (excluding diaryl/α,β-unsaturated/α-hetero) is 1. The first-order chi connectivity index (χ1) is 7.63. The van der Waals surface area contributed by atoms with Crippen LogP contribution in [0.15, 0.2) is 18.2 Å². The number of carbonyl (C=O) groups is 1. The van der Waals surface area contributed by atoms with Crippen LogP contribution >= 0.6 is 0 Å². The molecular formula is C11H7FN2O2. The first-order valence-corrected chi connectivity index (χ1v) is 4.31. The third kappa shape index (κ3) is 2.15. The third-order valence-corrected chi connectivity index (χ3v) is 1.96. The van der Waals surface area contributed by atoms with Crippen LogP contribution in [-0.2, 0) is 0 Å². The number of ketones is 1. The number of halogens is 1. The fraction of sp³-hybridized carbons (Fsp3) is 0.182. The van der Waals surface area contributed by atoms with E-state index in [9.17, 15) is 9.18 Å². The number of benzene rings is 1. The van der Waals surface area contributed by atoms with E-state index in [2.05, 4.69) is 4.74 Å². The molecule has 0 saturated heterocycles. The number of methoxy groups -OCH3 is 1. The molecular weight excluding hydrogens is 211 g/mol. The van der Waals surface area contributed by atoms with E-state index >= 15 is 0 Å². The Hall–Kier alpha value is -2.40. The van der Waals surface area contributed by atoms with Gasteiger partial charge in [0.25, 0.3) is 0 Å². The van der Waals surface area contributed by atoms with Gasteiger partial charge >= 0.3 is 0 Å². The topological polar surface area (TPSA) is 73.9 Å². The summed E-state index contributed by atoms with van der Waals surface area (Å²) in [5, 5.41) is 17.0. The lowest BCUT2D eigenvalue weighted by Gasteiger charge is -2.04. The zero-order valence-corrected chi connectivity index (χ0v) is 8.40. The summed E-state index contributed by atoms with van der Waals surface area (Å²) in [5.41, 5.74) is -0.0219. The molecule has 0 fully saturated rings. The van der Waals surface area contributed by atoms with Gasteiger partial charge in [-0.3, -0.25) is 4.79 Å². The zero-order chi connectivity index (χ0) is 12.1. The number of nitrogens with zero attached hydrogens (tertiary/aromatic N) is 2. The molecule has 0 atom stereocenters. The summed E-state index contributed by atoms with van der Waals surface area (Å²) in [4.78, 5) is 11.5. The molecule has 0 heterocycles. The van der Waals surface area contributed by atoms with Crippen LogP contribution in [0.1, 0.15) is 10.4 Å². The Kier molecular flexibility index (Phi) is 3.58. The van der Waals surface area contributed by atoms with Gasteiger partial charge in [-0.2, -0.15) is 10.5 Å². The van der Waals surface area contributed by atoms with Gasteiger partial charge in [0.05, 0.1) is 19.2 Å². The second-order valence-corrected chi connectivity index (χ2v) is 2.90. The highest BCUT2D eigenvalue weighted by molar-refractivity contribution is 6.01. The predicted octanol–water partition coefficient (Wildman–Crippen LogP) is 1.68. The second kappa shape index (κ2) is 4.90. The standard InChI is InChI=1S/C11H7FN2O2/c1-16-10-3-2-7(4-9(10)12)11(15)8(5-13)6-14/h2-4,8H,1H3. The van der Waals surface area contributed by atoms with Crippen molar-refractivity contribution in [1.29, 1.82) is 10.5 Å². The molecule has 0 aliphatic heterocycles. The van der Waals surface area contributed by atoms with Gasteiger partial charge in [-0.1, -0.05) is 0 Å². The number of rotatable bonds is 3. The molecule has 0 radical (unpaired) electrons. The van der Waals surface area contributed by atoms with Crippen molar-refractivity contribution < 1.29 is 13.9 Å². The average Bonchev–Trinajstić information content (AvgIpc) is 2.30. The van der Waals surface area contributed by atoms with E-state index in [1.165, 1.54) is 31.4 Å². The minimum Gasteiger partial charge on any atom is -0.494 e. The molecule has 0 aliphatic carbocycles. The normalized spacial score (nSPS) is 9.31. The smallest absolute Gasteiger partial charge is 0.195 e. The SMILES string of the molecule is COc1ccc(C(=O)C(C#N)C#N)cc1F. The Morgan fingerprint density at radius 2 is 2.06 bits per heavy atom. The molecule has 0 spiro atoms. The molecule has 0 aliphatic rings. The summed E-state index contributed by atoms with van der Waals surface area (Å²) in [7, 11) is 1.30. The number of carbonyl (C=O) groups excluding carboxylic acids is 1. The lowest BCUT2D eigenvalue weighted by Crippen LogP contribution is -2.11. The zero-order valence-electron chi connectivity index (χ0n) is 8.40. The lowest BCUT2D eigenvalue weighted by atomic mass is 10.00. The van der Waals surface area contributed by atoms with Crippen LogP contribution < -0.4 is 4.74 Å². The summed E-state index contributed by atoms with van der Waals surface area (Å²) in [6, 6.07) is 6.60. The van der Waals surface area contributed by atoms with Crippen molar-refractivity contribution >= 4 is 5.78 Å². The van der Waals surface area contributed by atoms with Crippen LogP contribution in [-0.4, -0.2) is 12.9 Å². The van der Waals surface area contributed by atoms with Crippen LogP contribution in [0.4, 0.5) is 4.39 Å². The molecule has 0 unspecified atom stereocenters. The maximum Gasteiger partial charge on any atom is 0.195 e. The van der Waals surface area contributed by atoms with E-state index in [0.717, 1.165) is 6.07 Å². The lowest BCUT2D eigenvalue weighted by molar-refractivity contribution is 0.0970. The molecule has 1 aromatic carbocycles. The fourth-order valence-corrected chi connectivity index (χ4v) is 1.13. The Labute approximate surface area is 91.5 Å². The van der Waals surface area contributed by atoms with Crippen molar-refractivity contribution in [2.75, 3.05) is 7.11 Å². The van der Waals surface area contributed by atoms with Crippen LogP contribution in [0.3, 0.4) is 0 Å². The van der Waals surface area contributed by atoms with Gasteiger partial charge in [0.1, 0.15) is 0 Å². The van der Waals surface area contributed by atoms with Gasteiger partial charge in [-0.15, -0.1) is 0 Å². The molecule has 0 aromatic heterocycles. The minimum atomic E-state index is -1.41. The monoisotopic (exact) mass is 218 g/mol. The Morgan fingerprint density at radius 3 is 2.50 bits per heavy atom.